The highest BCUT2D eigenvalue weighted by molar-refractivity contribution is 5.33. The van der Waals surface area contributed by atoms with Gasteiger partial charge in [0.1, 0.15) is 12.4 Å². The minimum Gasteiger partial charge on any atom is -0.489 e. The van der Waals surface area contributed by atoms with Crippen LogP contribution in [0.15, 0.2) is 48.8 Å². The van der Waals surface area contributed by atoms with Crippen molar-refractivity contribution in [1.82, 2.24) is 15.2 Å². The van der Waals surface area contributed by atoms with E-state index in [9.17, 15) is 0 Å². The van der Waals surface area contributed by atoms with Crippen LogP contribution in [0.25, 0.3) is 0 Å². The van der Waals surface area contributed by atoms with E-state index < -0.39 is 0 Å². The number of para-hydroxylation sites is 1. The van der Waals surface area contributed by atoms with Crippen LogP contribution in [-0.4, -0.2) is 35.6 Å². The Kier molecular flexibility index (Phi) is 7.72. The van der Waals surface area contributed by atoms with Crippen molar-refractivity contribution in [3.8, 4) is 5.75 Å². The van der Waals surface area contributed by atoms with Crippen molar-refractivity contribution >= 4 is 0 Å². The molecular weight excluding hydrogens is 298 g/mol. The summed E-state index contributed by atoms with van der Waals surface area (Å²) in [5.74, 6) is 0.935. The molecule has 0 spiro atoms. The first-order chi connectivity index (χ1) is 11.7. The normalized spacial score (nSPS) is 12.3. The molecule has 2 aromatic rings. The molecule has 0 radical (unpaired) electrons. The van der Waals surface area contributed by atoms with Gasteiger partial charge in [-0.25, -0.2) is 0 Å². The second kappa shape index (κ2) is 10.1. The van der Waals surface area contributed by atoms with Crippen molar-refractivity contribution in [2.24, 2.45) is 0 Å². The first-order valence-electron chi connectivity index (χ1n) is 8.79. The van der Waals surface area contributed by atoms with E-state index in [-0.39, 0.29) is 0 Å². The summed E-state index contributed by atoms with van der Waals surface area (Å²) in [6, 6.07) is 12.7. The van der Waals surface area contributed by atoms with Crippen LogP contribution < -0.4 is 10.1 Å². The summed E-state index contributed by atoms with van der Waals surface area (Å²) in [4.78, 5) is 6.58. The Morgan fingerprint density at radius 3 is 2.62 bits per heavy atom. The maximum atomic E-state index is 5.98. The molecular formula is C20H29N3O. The van der Waals surface area contributed by atoms with E-state index in [0.29, 0.717) is 12.6 Å². The molecule has 24 heavy (non-hydrogen) atoms. The summed E-state index contributed by atoms with van der Waals surface area (Å²) < 4.78 is 5.98. The molecule has 0 aliphatic rings. The maximum Gasteiger partial charge on any atom is 0.124 e. The van der Waals surface area contributed by atoms with Crippen LogP contribution in [0.2, 0.25) is 0 Å². The largest absolute Gasteiger partial charge is 0.489 e. The zero-order chi connectivity index (χ0) is 17.2. The van der Waals surface area contributed by atoms with Crippen LogP contribution in [0.1, 0.15) is 31.9 Å². The smallest absolute Gasteiger partial charge is 0.124 e. The number of likely N-dealkylation sites (N-methyl/N-ethyl adjacent to an activating group) is 1. The second-order valence-corrected chi connectivity index (χ2v) is 5.96. The zero-order valence-corrected chi connectivity index (χ0v) is 15.0. The average Bonchev–Trinajstić information content (AvgIpc) is 2.63. The zero-order valence-electron chi connectivity index (χ0n) is 15.0. The van der Waals surface area contributed by atoms with Crippen molar-refractivity contribution in [2.75, 3.05) is 19.6 Å². The van der Waals surface area contributed by atoms with Gasteiger partial charge < -0.3 is 10.1 Å². The Labute approximate surface area is 145 Å². The molecule has 0 amide bonds. The van der Waals surface area contributed by atoms with E-state index in [1.807, 2.05) is 30.5 Å². The molecule has 0 bridgehead atoms. The van der Waals surface area contributed by atoms with E-state index in [1.54, 1.807) is 6.20 Å². The Morgan fingerprint density at radius 1 is 1.12 bits per heavy atom. The number of nitrogens with zero attached hydrogens (tertiary/aromatic N) is 2. The highest BCUT2D eigenvalue weighted by atomic mass is 16.5. The Bertz CT molecular complexity index is 584. The first-order valence-corrected chi connectivity index (χ1v) is 8.79. The van der Waals surface area contributed by atoms with Crippen molar-refractivity contribution in [1.29, 1.82) is 0 Å². The lowest BCUT2D eigenvalue weighted by Crippen LogP contribution is -2.40. The van der Waals surface area contributed by atoms with E-state index in [2.05, 4.69) is 48.1 Å². The summed E-state index contributed by atoms with van der Waals surface area (Å²) in [6.45, 7) is 11.2. The van der Waals surface area contributed by atoms with Gasteiger partial charge in [0.25, 0.3) is 0 Å². The molecule has 0 saturated carbocycles. The average molecular weight is 327 g/mol. The van der Waals surface area contributed by atoms with Crippen molar-refractivity contribution in [3.63, 3.8) is 0 Å². The Balaban J connectivity index is 1.87. The lowest BCUT2D eigenvalue weighted by atomic mass is 10.2. The van der Waals surface area contributed by atoms with Crippen molar-refractivity contribution in [3.05, 3.63) is 59.9 Å². The molecule has 1 N–H and O–H groups in total. The molecule has 1 heterocycles. The molecule has 1 unspecified atom stereocenters. The van der Waals surface area contributed by atoms with Crippen LogP contribution in [0.3, 0.4) is 0 Å². The Morgan fingerprint density at radius 2 is 1.92 bits per heavy atom. The molecule has 1 aromatic carbocycles. The summed E-state index contributed by atoms with van der Waals surface area (Å²) in [5.41, 5.74) is 2.27. The fourth-order valence-electron chi connectivity index (χ4n) is 2.83. The minimum absolute atomic E-state index is 0.531. The molecule has 0 saturated heterocycles. The first kappa shape index (κ1) is 18.4. The molecule has 4 nitrogen and oxygen atoms in total. The number of ether oxygens (including phenoxy) is 1. The minimum atomic E-state index is 0.531. The van der Waals surface area contributed by atoms with E-state index in [4.69, 9.17) is 4.74 Å². The van der Waals surface area contributed by atoms with Gasteiger partial charge in [0.05, 0.1) is 0 Å². The summed E-state index contributed by atoms with van der Waals surface area (Å²) >= 11 is 0. The molecule has 4 heteroatoms. The van der Waals surface area contributed by atoms with Crippen LogP contribution >= 0.6 is 0 Å². The lowest BCUT2D eigenvalue weighted by Gasteiger charge is -2.26. The Hall–Kier alpha value is -1.91. The molecule has 1 aromatic heterocycles. The van der Waals surface area contributed by atoms with Gasteiger partial charge in [0.15, 0.2) is 0 Å². The van der Waals surface area contributed by atoms with Gasteiger partial charge in [-0.15, -0.1) is 0 Å². The highest BCUT2D eigenvalue weighted by Crippen LogP contribution is 2.19. The predicted octanol–water partition coefficient (Wildman–Crippen LogP) is 3.48. The van der Waals surface area contributed by atoms with Crippen molar-refractivity contribution < 1.29 is 4.74 Å². The number of aromatic nitrogens is 1. The van der Waals surface area contributed by atoms with Gasteiger partial charge in [-0.3, -0.25) is 9.88 Å². The third-order valence-corrected chi connectivity index (χ3v) is 4.28. The van der Waals surface area contributed by atoms with Crippen LogP contribution in [0, 0.1) is 0 Å². The number of pyridine rings is 1. The topological polar surface area (TPSA) is 37.4 Å². The van der Waals surface area contributed by atoms with Gasteiger partial charge >= 0.3 is 0 Å². The molecule has 0 aliphatic heterocycles. The standard InChI is InChI=1S/C20H29N3O/c1-4-23(5-2)17(3)13-22-15-19-10-6-7-11-20(19)24-16-18-9-8-12-21-14-18/h6-12,14,17,22H,4-5,13,15-16H2,1-3H3. The van der Waals surface area contributed by atoms with Gasteiger partial charge in [-0.1, -0.05) is 38.1 Å². The monoisotopic (exact) mass is 327 g/mol. The number of hydrogen-bond acceptors (Lipinski definition) is 4. The summed E-state index contributed by atoms with van der Waals surface area (Å²) in [7, 11) is 0. The van der Waals surface area contributed by atoms with Gasteiger partial charge in [-0.05, 0) is 32.1 Å². The van der Waals surface area contributed by atoms with E-state index in [1.165, 1.54) is 5.56 Å². The van der Waals surface area contributed by atoms with Crippen LogP contribution in [0.4, 0.5) is 0 Å². The van der Waals surface area contributed by atoms with E-state index >= 15 is 0 Å². The third kappa shape index (κ3) is 5.62. The number of rotatable bonds is 10. The predicted molar refractivity (Wildman–Crippen MR) is 99.1 cm³/mol. The quantitative estimate of drug-likeness (QED) is 0.725. The number of hydrogen-bond donors (Lipinski definition) is 1. The number of benzene rings is 1. The van der Waals surface area contributed by atoms with Gasteiger partial charge in [-0.2, -0.15) is 0 Å². The van der Waals surface area contributed by atoms with Crippen molar-refractivity contribution in [2.45, 2.75) is 40.0 Å². The molecule has 0 fully saturated rings. The molecule has 0 aliphatic carbocycles. The van der Waals surface area contributed by atoms with Gasteiger partial charge in [0.2, 0.25) is 0 Å². The van der Waals surface area contributed by atoms with Gasteiger partial charge in [0, 0.05) is 42.7 Å². The summed E-state index contributed by atoms with van der Waals surface area (Å²) in [5, 5.41) is 3.56. The summed E-state index contributed by atoms with van der Waals surface area (Å²) in [6.07, 6.45) is 3.62. The van der Waals surface area contributed by atoms with Crippen LogP contribution in [-0.2, 0) is 13.2 Å². The van der Waals surface area contributed by atoms with E-state index in [0.717, 1.165) is 37.5 Å². The number of nitrogens with one attached hydrogen (secondary N) is 1. The second-order valence-electron chi connectivity index (χ2n) is 5.96. The highest BCUT2D eigenvalue weighted by Gasteiger charge is 2.10. The lowest BCUT2D eigenvalue weighted by molar-refractivity contribution is 0.225. The molecule has 1 atom stereocenters. The third-order valence-electron chi connectivity index (χ3n) is 4.28. The SMILES string of the molecule is CCN(CC)C(C)CNCc1ccccc1OCc1cccnc1. The fourth-order valence-corrected chi connectivity index (χ4v) is 2.83. The molecule has 130 valence electrons. The maximum absolute atomic E-state index is 5.98. The fraction of sp³-hybridized carbons (Fsp3) is 0.450. The molecule has 2 rings (SSSR count). The van der Waals surface area contributed by atoms with Crippen LogP contribution in [0.5, 0.6) is 5.75 Å².